The van der Waals surface area contributed by atoms with Crippen LogP contribution in [0.25, 0.3) is 4.96 Å². The first-order valence-electron chi connectivity index (χ1n) is 7.50. The quantitative estimate of drug-likeness (QED) is 0.794. The molecule has 0 amide bonds. The summed E-state index contributed by atoms with van der Waals surface area (Å²) in [5.41, 5.74) is 1.02. The van der Waals surface area contributed by atoms with Gasteiger partial charge in [0.05, 0.1) is 12.2 Å². The fourth-order valence-electron chi connectivity index (χ4n) is 2.88. The third kappa shape index (κ3) is 2.43. The van der Waals surface area contributed by atoms with Gasteiger partial charge in [0.1, 0.15) is 5.82 Å². The van der Waals surface area contributed by atoms with Crippen LogP contribution in [0.15, 0.2) is 11.6 Å². The maximum Gasteiger partial charge on any atom is 0.195 e. The highest BCUT2D eigenvalue weighted by Crippen LogP contribution is 2.22. The number of hydrogen-bond acceptors (Lipinski definition) is 5. The molecule has 0 spiro atoms. The third-order valence-corrected chi connectivity index (χ3v) is 5.15. The van der Waals surface area contributed by atoms with Gasteiger partial charge in [0.2, 0.25) is 0 Å². The second-order valence-electron chi connectivity index (χ2n) is 5.50. The lowest BCUT2D eigenvalue weighted by atomic mass is 10.1. The molecule has 0 aromatic carbocycles. The standard InChI is InChI=1S/C14H17ClN6S/c1-2-11-17-12-4-3-9(8-21(12)19-11)16-7-10-13(15)18-14-20(10)5-6-22-14/h5-6,9,16H,2-4,7-8H2,1H3/t9-/m0/s1. The zero-order chi connectivity index (χ0) is 15.1. The van der Waals surface area contributed by atoms with Crippen LogP contribution in [0, 0.1) is 0 Å². The summed E-state index contributed by atoms with van der Waals surface area (Å²) in [5.74, 6) is 2.05. The Morgan fingerprint density at radius 1 is 1.45 bits per heavy atom. The molecule has 4 rings (SSSR count). The zero-order valence-corrected chi connectivity index (χ0v) is 13.9. The van der Waals surface area contributed by atoms with Crippen molar-refractivity contribution in [3.05, 3.63) is 34.1 Å². The largest absolute Gasteiger partial charge is 0.306 e. The lowest BCUT2D eigenvalue weighted by molar-refractivity contribution is 0.356. The van der Waals surface area contributed by atoms with Crippen molar-refractivity contribution >= 4 is 27.9 Å². The molecule has 0 aliphatic carbocycles. The van der Waals surface area contributed by atoms with E-state index in [0.717, 1.165) is 48.1 Å². The SMILES string of the molecule is CCc1nc2n(n1)C[C@@H](NCc1c(Cl)nc3sccn13)CC2. The molecule has 0 unspecified atom stereocenters. The Morgan fingerprint density at radius 3 is 3.23 bits per heavy atom. The average molecular weight is 337 g/mol. The normalized spacial score (nSPS) is 18.0. The van der Waals surface area contributed by atoms with Crippen molar-refractivity contribution in [3.63, 3.8) is 0 Å². The number of nitrogens with one attached hydrogen (secondary N) is 1. The monoisotopic (exact) mass is 336 g/mol. The van der Waals surface area contributed by atoms with Gasteiger partial charge in [0, 0.05) is 37.0 Å². The molecule has 1 N–H and O–H groups in total. The second-order valence-corrected chi connectivity index (χ2v) is 6.73. The van der Waals surface area contributed by atoms with Gasteiger partial charge < -0.3 is 5.32 Å². The summed E-state index contributed by atoms with van der Waals surface area (Å²) >= 11 is 7.83. The molecule has 3 aromatic rings. The van der Waals surface area contributed by atoms with Crippen LogP contribution in [0.1, 0.15) is 30.7 Å². The number of imidazole rings is 1. The molecule has 116 valence electrons. The van der Waals surface area contributed by atoms with Crippen molar-refractivity contribution < 1.29 is 0 Å². The number of hydrogen-bond donors (Lipinski definition) is 1. The van der Waals surface area contributed by atoms with Crippen LogP contribution in [0.2, 0.25) is 5.15 Å². The molecule has 4 heterocycles. The lowest BCUT2D eigenvalue weighted by Crippen LogP contribution is -2.37. The Morgan fingerprint density at radius 2 is 2.36 bits per heavy atom. The fraction of sp³-hybridized carbons (Fsp3) is 0.500. The van der Waals surface area contributed by atoms with E-state index < -0.39 is 0 Å². The third-order valence-electron chi connectivity index (χ3n) is 4.09. The molecule has 22 heavy (non-hydrogen) atoms. The van der Waals surface area contributed by atoms with E-state index in [1.165, 1.54) is 0 Å². The van der Waals surface area contributed by atoms with Crippen LogP contribution in [0.4, 0.5) is 0 Å². The minimum Gasteiger partial charge on any atom is -0.306 e. The first-order chi connectivity index (χ1) is 10.7. The van der Waals surface area contributed by atoms with Crippen molar-refractivity contribution in [1.29, 1.82) is 0 Å². The van der Waals surface area contributed by atoms with Crippen LogP contribution in [0.3, 0.4) is 0 Å². The van der Waals surface area contributed by atoms with E-state index in [9.17, 15) is 0 Å². The molecule has 1 aliphatic rings. The Labute approximate surface area is 137 Å². The Hall–Kier alpha value is -1.44. The molecule has 0 saturated heterocycles. The molecule has 3 aromatic heterocycles. The number of fused-ring (bicyclic) bond motifs is 2. The van der Waals surface area contributed by atoms with Crippen molar-refractivity contribution in [3.8, 4) is 0 Å². The highest BCUT2D eigenvalue weighted by Gasteiger charge is 2.22. The molecular weight excluding hydrogens is 320 g/mol. The molecule has 0 saturated carbocycles. The fourth-order valence-corrected chi connectivity index (χ4v) is 3.90. The summed E-state index contributed by atoms with van der Waals surface area (Å²) in [6, 6.07) is 0.388. The minimum absolute atomic E-state index is 0.388. The van der Waals surface area contributed by atoms with Crippen LogP contribution in [-0.2, 0) is 25.9 Å². The first-order valence-corrected chi connectivity index (χ1v) is 8.76. The van der Waals surface area contributed by atoms with Gasteiger partial charge in [0.15, 0.2) is 15.9 Å². The number of halogens is 1. The maximum atomic E-state index is 6.24. The summed E-state index contributed by atoms with van der Waals surface area (Å²) < 4.78 is 4.09. The van der Waals surface area contributed by atoms with Gasteiger partial charge in [-0.15, -0.1) is 11.3 Å². The first kappa shape index (κ1) is 14.2. The summed E-state index contributed by atoms with van der Waals surface area (Å²) in [5, 5.41) is 10.7. The molecule has 0 fully saturated rings. The van der Waals surface area contributed by atoms with Crippen molar-refractivity contribution in [2.45, 2.75) is 45.3 Å². The van der Waals surface area contributed by atoms with Crippen molar-refractivity contribution in [2.24, 2.45) is 0 Å². The molecule has 1 atom stereocenters. The average Bonchev–Trinajstić information content (AvgIpc) is 3.18. The minimum atomic E-state index is 0.388. The van der Waals surface area contributed by atoms with Crippen LogP contribution < -0.4 is 5.32 Å². The molecule has 8 heteroatoms. The van der Waals surface area contributed by atoms with Gasteiger partial charge in [-0.05, 0) is 6.42 Å². The van der Waals surface area contributed by atoms with E-state index in [-0.39, 0.29) is 0 Å². The van der Waals surface area contributed by atoms with Gasteiger partial charge in [-0.2, -0.15) is 5.10 Å². The number of aryl methyl sites for hydroxylation is 2. The Balaban J connectivity index is 1.46. The highest BCUT2D eigenvalue weighted by molar-refractivity contribution is 7.15. The molecule has 6 nitrogen and oxygen atoms in total. The van der Waals surface area contributed by atoms with Crippen LogP contribution in [0.5, 0.6) is 0 Å². The van der Waals surface area contributed by atoms with Crippen molar-refractivity contribution in [2.75, 3.05) is 0 Å². The number of thiazole rings is 1. The smallest absolute Gasteiger partial charge is 0.195 e. The Kier molecular flexibility index (Phi) is 3.63. The molecule has 0 bridgehead atoms. The summed E-state index contributed by atoms with van der Waals surface area (Å²) in [7, 11) is 0. The van der Waals surface area contributed by atoms with Gasteiger partial charge in [-0.25, -0.2) is 14.6 Å². The van der Waals surface area contributed by atoms with Gasteiger partial charge in [-0.3, -0.25) is 4.40 Å². The van der Waals surface area contributed by atoms with Gasteiger partial charge >= 0.3 is 0 Å². The Bertz CT molecular complexity index is 804. The van der Waals surface area contributed by atoms with E-state index in [1.54, 1.807) is 11.3 Å². The van der Waals surface area contributed by atoms with E-state index in [0.29, 0.717) is 17.7 Å². The van der Waals surface area contributed by atoms with Gasteiger partial charge in [-0.1, -0.05) is 18.5 Å². The van der Waals surface area contributed by atoms with Gasteiger partial charge in [0.25, 0.3) is 0 Å². The summed E-state index contributed by atoms with van der Waals surface area (Å²) in [6.07, 6.45) is 4.95. The summed E-state index contributed by atoms with van der Waals surface area (Å²) in [6.45, 7) is 3.67. The maximum absolute atomic E-state index is 6.24. The van der Waals surface area contributed by atoms with E-state index >= 15 is 0 Å². The molecule has 1 aliphatic heterocycles. The number of nitrogens with zero attached hydrogens (tertiary/aromatic N) is 5. The summed E-state index contributed by atoms with van der Waals surface area (Å²) in [4.78, 5) is 9.86. The molecule has 0 radical (unpaired) electrons. The van der Waals surface area contributed by atoms with Crippen molar-refractivity contribution in [1.82, 2.24) is 29.5 Å². The molecular formula is C14H17ClN6S. The van der Waals surface area contributed by atoms with E-state index in [2.05, 4.69) is 31.7 Å². The van der Waals surface area contributed by atoms with E-state index in [1.807, 2.05) is 16.3 Å². The predicted octanol–water partition coefficient (Wildman–Crippen LogP) is 2.31. The van der Waals surface area contributed by atoms with Crippen LogP contribution in [-0.4, -0.2) is 30.2 Å². The highest BCUT2D eigenvalue weighted by atomic mass is 35.5. The predicted molar refractivity (Wildman–Crippen MR) is 86.4 cm³/mol. The van der Waals surface area contributed by atoms with Crippen LogP contribution >= 0.6 is 22.9 Å². The number of aromatic nitrogens is 5. The number of rotatable bonds is 4. The second kappa shape index (κ2) is 5.64. The van der Waals surface area contributed by atoms with E-state index in [4.69, 9.17) is 11.6 Å². The zero-order valence-electron chi connectivity index (χ0n) is 12.3. The lowest BCUT2D eigenvalue weighted by Gasteiger charge is -2.23. The topological polar surface area (TPSA) is 60.0 Å².